The van der Waals surface area contributed by atoms with E-state index >= 15 is 0 Å². The number of hydrogen-bond donors (Lipinski definition) is 1. The van der Waals surface area contributed by atoms with Crippen LogP contribution in [0.5, 0.6) is 5.75 Å². The minimum Gasteiger partial charge on any atom is -0.491 e. The molecule has 0 aliphatic carbocycles. The van der Waals surface area contributed by atoms with Gasteiger partial charge in [-0.1, -0.05) is 18.2 Å². The second-order valence-corrected chi connectivity index (χ2v) is 5.63. The lowest BCUT2D eigenvalue weighted by Crippen LogP contribution is -2.49. The highest BCUT2D eigenvalue weighted by molar-refractivity contribution is 5.35. The zero-order valence-corrected chi connectivity index (χ0v) is 13.1. The predicted molar refractivity (Wildman–Crippen MR) is 88.6 cm³/mol. The fourth-order valence-corrected chi connectivity index (χ4v) is 2.67. The molecule has 0 amide bonds. The Morgan fingerprint density at radius 3 is 2.57 bits per heavy atom. The first-order valence-electron chi connectivity index (χ1n) is 7.90. The van der Waals surface area contributed by atoms with Crippen molar-refractivity contribution in [1.29, 1.82) is 0 Å². The molecule has 0 radical (unpaired) electrons. The molecule has 1 aliphatic rings. The average Bonchev–Trinajstić information content (AvgIpc) is 2.62. The van der Waals surface area contributed by atoms with Crippen LogP contribution < -0.4 is 9.64 Å². The summed E-state index contributed by atoms with van der Waals surface area (Å²) in [5.74, 6) is 1.71. The Bertz CT molecular complexity index is 574. The molecule has 1 unspecified atom stereocenters. The summed E-state index contributed by atoms with van der Waals surface area (Å²) in [5.41, 5.74) is 0. The van der Waals surface area contributed by atoms with Crippen molar-refractivity contribution in [2.24, 2.45) is 0 Å². The molecule has 1 fully saturated rings. The van der Waals surface area contributed by atoms with Crippen molar-refractivity contribution >= 4 is 5.82 Å². The van der Waals surface area contributed by atoms with Crippen LogP contribution in [0.25, 0.3) is 0 Å². The van der Waals surface area contributed by atoms with Crippen LogP contribution in [0.3, 0.4) is 0 Å². The molecule has 1 aliphatic heterocycles. The van der Waals surface area contributed by atoms with Gasteiger partial charge >= 0.3 is 0 Å². The number of aliphatic hydroxyl groups excluding tert-OH is 1. The number of benzene rings is 1. The average molecular weight is 314 g/mol. The molecule has 1 aromatic carbocycles. The van der Waals surface area contributed by atoms with E-state index in [1.807, 2.05) is 30.3 Å². The van der Waals surface area contributed by atoms with E-state index in [-0.39, 0.29) is 0 Å². The van der Waals surface area contributed by atoms with Gasteiger partial charge in [0.2, 0.25) is 0 Å². The molecular weight excluding hydrogens is 292 g/mol. The van der Waals surface area contributed by atoms with E-state index in [0.29, 0.717) is 13.2 Å². The smallest absolute Gasteiger partial charge is 0.147 e. The number of nitrogens with zero attached hydrogens (tertiary/aromatic N) is 4. The van der Waals surface area contributed by atoms with Gasteiger partial charge in [-0.15, -0.1) is 0 Å². The highest BCUT2D eigenvalue weighted by Crippen LogP contribution is 2.12. The molecule has 0 saturated carbocycles. The molecule has 122 valence electrons. The van der Waals surface area contributed by atoms with Crippen LogP contribution in [-0.4, -0.2) is 65.4 Å². The van der Waals surface area contributed by atoms with E-state index in [1.54, 1.807) is 18.6 Å². The summed E-state index contributed by atoms with van der Waals surface area (Å²) < 4.78 is 5.59. The van der Waals surface area contributed by atoms with Crippen molar-refractivity contribution in [1.82, 2.24) is 14.9 Å². The number of piperazine rings is 1. The van der Waals surface area contributed by atoms with E-state index in [9.17, 15) is 5.11 Å². The summed E-state index contributed by atoms with van der Waals surface area (Å²) in [4.78, 5) is 12.9. The first kappa shape index (κ1) is 15.7. The van der Waals surface area contributed by atoms with E-state index in [2.05, 4.69) is 19.8 Å². The summed E-state index contributed by atoms with van der Waals surface area (Å²) in [7, 11) is 0. The van der Waals surface area contributed by atoms with Crippen molar-refractivity contribution in [3.8, 4) is 5.75 Å². The summed E-state index contributed by atoms with van der Waals surface area (Å²) in [5, 5.41) is 10.1. The Labute approximate surface area is 136 Å². The first-order chi connectivity index (χ1) is 11.3. The van der Waals surface area contributed by atoms with E-state index in [4.69, 9.17) is 4.74 Å². The van der Waals surface area contributed by atoms with E-state index in [1.165, 1.54) is 0 Å². The van der Waals surface area contributed by atoms with Gasteiger partial charge in [0.05, 0.1) is 6.20 Å². The Balaban J connectivity index is 1.40. The molecule has 2 aromatic rings. The lowest BCUT2D eigenvalue weighted by atomic mass is 10.2. The molecule has 0 spiro atoms. The summed E-state index contributed by atoms with van der Waals surface area (Å²) in [6.07, 6.45) is 4.70. The zero-order valence-electron chi connectivity index (χ0n) is 13.1. The van der Waals surface area contributed by atoms with Crippen LogP contribution in [0, 0.1) is 0 Å². The summed E-state index contributed by atoms with van der Waals surface area (Å²) in [6.45, 7) is 4.53. The predicted octanol–water partition coefficient (Wildman–Crippen LogP) is 1.04. The third-order valence-electron chi connectivity index (χ3n) is 3.90. The van der Waals surface area contributed by atoms with Crippen LogP contribution in [0.2, 0.25) is 0 Å². The van der Waals surface area contributed by atoms with Crippen LogP contribution in [0.15, 0.2) is 48.9 Å². The number of para-hydroxylation sites is 1. The van der Waals surface area contributed by atoms with Gasteiger partial charge in [0.1, 0.15) is 24.3 Å². The fourth-order valence-electron chi connectivity index (χ4n) is 2.67. The third-order valence-corrected chi connectivity index (χ3v) is 3.90. The highest BCUT2D eigenvalue weighted by atomic mass is 16.5. The van der Waals surface area contributed by atoms with Crippen LogP contribution in [0.4, 0.5) is 5.82 Å². The van der Waals surface area contributed by atoms with Crippen molar-refractivity contribution in [2.45, 2.75) is 6.10 Å². The third kappa shape index (κ3) is 4.64. The Morgan fingerprint density at radius 1 is 1.09 bits per heavy atom. The lowest BCUT2D eigenvalue weighted by molar-refractivity contribution is 0.0662. The monoisotopic (exact) mass is 314 g/mol. The fraction of sp³-hybridized carbons (Fsp3) is 0.412. The van der Waals surface area contributed by atoms with Gasteiger partial charge in [0, 0.05) is 45.1 Å². The van der Waals surface area contributed by atoms with Gasteiger partial charge in [0.15, 0.2) is 0 Å². The van der Waals surface area contributed by atoms with Crippen molar-refractivity contribution < 1.29 is 9.84 Å². The van der Waals surface area contributed by atoms with Gasteiger partial charge in [-0.3, -0.25) is 9.88 Å². The van der Waals surface area contributed by atoms with Crippen LogP contribution >= 0.6 is 0 Å². The number of β-amino-alcohol motifs (C(OH)–C–C–N with tert-alkyl or cyclic N) is 1. The standard InChI is InChI=1S/C17H22N4O2/c22-15(14-23-16-4-2-1-3-5-16)13-20-8-10-21(11-9-20)17-12-18-6-7-19-17/h1-7,12,15,22H,8-11,13-14H2. The highest BCUT2D eigenvalue weighted by Gasteiger charge is 2.20. The van der Waals surface area contributed by atoms with Crippen LogP contribution in [0.1, 0.15) is 0 Å². The number of anilines is 1. The summed E-state index contributed by atoms with van der Waals surface area (Å²) >= 11 is 0. The van der Waals surface area contributed by atoms with Gasteiger partial charge < -0.3 is 14.7 Å². The number of aliphatic hydroxyl groups is 1. The molecular formula is C17H22N4O2. The molecule has 23 heavy (non-hydrogen) atoms. The van der Waals surface area contributed by atoms with Gasteiger partial charge in [0.25, 0.3) is 0 Å². The van der Waals surface area contributed by atoms with Gasteiger partial charge in [-0.05, 0) is 12.1 Å². The molecule has 6 nitrogen and oxygen atoms in total. The number of aromatic nitrogens is 2. The largest absolute Gasteiger partial charge is 0.491 e. The molecule has 1 saturated heterocycles. The first-order valence-corrected chi connectivity index (χ1v) is 7.90. The Morgan fingerprint density at radius 2 is 1.87 bits per heavy atom. The molecule has 1 N–H and O–H groups in total. The second kappa shape index (κ2) is 7.89. The lowest BCUT2D eigenvalue weighted by Gasteiger charge is -2.35. The number of ether oxygens (including phenoxy) is 1. The van der Waals surface area contributed by atoms with E-state index in [0.717, 1.165) is 37.7 Å². The van der Waals surface area contributed by atoms with Gasteiger partial charge in [-0.25, -0.2) is 4.98 Å². The normalized spacial score (nSPS) is 17.0. The molecule has 1 atom stereocenters. The molecule has 0 bridgehead atoms. The quantitative estimate of drug-likeness (QED) is 0.859. The van der Waals surface area contributed by atoms with Crippen molar-refractivity contribution in [3.63, 3.8) is 0 Å². The molecule has 1 aromatic heterocycles. The molecule has 2 heterocycles. The zero-order chi connectivity index (χ0) is 15.9. The van der Waals surface area contributed by atoms with Crippen molar-refractivity contribution in [2.75, 3.05) is 44.2 Å². The number of hydrogen-bond acceptors (Lipinski definition) is 6. The molecule has 6 heteroatoms. The molecule has 3 rings (SSSR count). The second-order valence-electron chi connectivity index (χ2n) is 5.63. The van der Waals surface area contributed by atoms with Crippen LogP contribution in [-0.2, 0) is 0 Å². The minimum atomic E-state index is -0.488. The van der Waals surface area contributed by atoms with Gasteiger partial charge in [-0.2, -0.15) is 0 Å². The maximum Gasteiger partial charge on any atom is 0.147 e. The Hall–Kier alpha value is -2.18. The summed E-state index contributed by atoms with van der Waals surface area (Å²) in [6, 6.07) is 9.58. The Kier molecular flexibility index (Phi) is 5.39. The maximum absolute atomic E-state index is 10.1. The number of rotatable bonds is 6. The minimum absolute atomic E-state index is 0.314. The van der Waals surface area contributed by atoms with Crippen molar-refractivity contribution in [3.05, 3.63) is 48.9 Å². The van der Waals surface area contributed by atoms with E-state index < -0.39 is 6.10 Å². The maximum atomic E-state index is 10.1. The SMILES string of the molecule is OC(COc1ccccc1)CN1CCN(c2cnccn2)CC1. The topological polar surface area (TPSA) is 61.7 Å².